The second kappa shape index (κ2) is 8.70. The summed E-state index contributed by atoms with van der Waals surface area (Å²) >= 11 is 0. The third-order valence-electron chi connectivity index (χ3n) is 5.34. The van der Waals surface area contributed by atoms with Crippen molar-refractivity contribution < 1.29 is 4.79 Å². The zero-order chi connectivity index (χ0) is 15.4. The highest BCUT2D eigenvalue weighted by Gasteiger charge is 2.22. The smallest absolute Gasteiger partial charge is 0.251 e. The molecule has 0 radical (unpaired) electrons. The van der Waals surface area contributed by atoms with Crippen LogP contribution in [0.2, 0.25) is 0 Å². The third-order valence-corrected chi connectivity index (χ3v) is 5.34. The fourth-order valence-corrected chi connectivity index (χ4v) is 3.98. The van der Waals surface area contributed by atoms with E-state index in [4.69, 9.17) is 0 Å². The first-order valence-corrected chi connectivity index (χ1v) is 8.87. The molecule has 2 aliphatic rings. The van der Waals surface area contributed by atoms with E-state index >= 15 is 0 Å². The van der Waals surface area contributed by atoms with Crippen LogP contribution in [0.5, 0.6) is 0 Å². The number of amides is 1. The summed E-state index contributed by atoms with van der Waals surface area (Å²) in [4.78, 5) is 12.6. The molecule has 0 unspecified atom stereocenters. The Balaban J connectivity index is 0.00000192. The summed E-state index contributed by atoms with van der Waals surface area (Å²) < 4.78 is 0. The number of benzene rings is 1. The molecule has 2 fully saturated rings. The van der Waals surface area contributed by atoms with E-state index in [1.54, 1.807) is 0 Å². The average Bonchev–Trinajstić information content (AvgIpc) is 2.56. The zero-order valence-corrected chi connectivity index (χ0v) is 14.9. The van der Waals surface area contributed by atoms with Crippen LogP contribution in [0, 0.1) is 6.92 Å². The summed E-state index contributed by atoms with van der Waals surface area (Å²) in [6.07, 6.45) is 8.44. The summed E-state index contributed by atoms with van der Waals surface area (Å²) in [6, 6.07) is 6.63. The van der Waals surface area contributed by atoms with Gasteiger partial charge in [0.15, 0.2) is 0 Å². The maximum Gasteiger partial charge on any atom is 0.251 e. The Kier molecular flexibility index (Phi) is 6.91. The van der Waals surface area contributed by atoms with E-state index < -0.39 is 0 Å². The fourth-order valence-electron chi connectivity index (χ4n) is 3.98. The molecule has 1 aliphatic carbocycles. The molecule has 0 spiro atoms. The number of piperidine rings is 1. The van der Waals surface area contributed by atoms with Crippen molar-refractivity contribution in [2.45, 2.75) is 63.8 Å². The van der Waals surface area contributed by atoms with E-state index in [1.165, 1.54) is 43.2 Å². The second-order valence-electron chi connectivity index (χ2n) is 6.85. The predicted molar refractivity (Wildman–Crippen MR) is 97.6 cm³/mol. The van der Waals surface area contributed by atoms with Crippen LogP contribution in [0.15, 0.2) is 18.2 Å². The van der Waals surface area contributed by atoms with Crippen LogP contribution in [0.25, 0.3) is 0 Å². The first-order valence-electron chi connectivity index (χ1n) is 8.87. The van der Waals surface area contributed by atoms with E-state index in [1.807, 2.05) is 6.07 Å². The molecule has 1 heterocycles. The zero-order valence-electron chi connectivity index (χ0n) is 14.1. The molecule has 1 saturated carbocycles. The lowest BCUT2D eigenvalue weighted by molar-refractivity contribution is 0.0927. The van der Waals surface area contributed by atoms with Crippen molar-refractivity contribution >= 4 is 18.3 Å². The molecule has 3 nitrogen and oxygen atoms in total. The minimum Gasteiger partial charge on any atom is -0.349 e. The van der Waals surface area contributed by atoms with Crippen molar-refractivity contribution in [3.8, 4) is 0 Å². The highest BCUT2D eigenvalue weighted by atomic mass is 35.5. The topological polar surface area (TPSA) is 41.1 Å². The van der Waals surface area contributed by atoms with Gasteiger partial charge >= 0.3 is 0 Å². The van der Waals surface area contributed by atoms with Gasteiger partial charge in [-0.3, -0.25) is 4.79 Å². The SMILES string of the molecule is Cc1c(C(=O)NC2CCCCC2)cccc1C1CCNCC1.Cl. The molecule has 3 rings (SSSR count). The van der Waals surface area contributed by atoms with Gasteiger partial charge in [-0.1, -0.05) is 31.4 Å². The van der Waals surface area contributed by atoms with E-state index in [0.717, 1.165) is 31.5 Å². The van der Waals surface area contributed by atoms with E-state index in [0.29, 0.717) is 12.0 Å². The first kappa shape index (κ1) is 18.3. The van der Waals surface area contributed by atoms with Crippen LogP contribution < -0.4 is 10.6 Å². The van der Waals surface area contributed by atoms with Crippen LogP contribution in [0.1, 0.15) is 72.3 Å². The lowest BCUT2D eigenvalue weighted by Crippen LogP contribution is -2.36. The molecule has 128 valence electrons. The predicted octanol–water partition coefficient (Wildman–Crippen LogP) is 3.95. The van der Waals surface area contributed by atoms with Gasteiger partial charge in [0.1, 0.15) is 0 Å². The van der Waals surface area contributed by atoms with Crippen molar-refractivity contribution in [1.29, 1.82) is 0 Å². The minimum absolute atomic E-state index is 0. The van der Waals surface area contributed by atoms with Crippen molar-refractivity contribution in [2.24, 2.45) is 0 Å². The van der Waals surface area contributed by atoms with Gasteiger partial charge in [0, 0.05) is 11.6 Å². The summed E-state index contributed by atoms with van der Waals surface area (Å²) in [5, 5.41) is 6.67. The molecule has 1 amide bonds. The minimum atomic E-state index is 0. The van der Waals surface area contributed by atoms with Crippen LogP contribution >= 0.6 is 12.4 Å². The number of hydrogen-bond acceptors (Lipinski definition) is 2. The molecule has 4 heteroatoms. The number of rotatable bonds is 3. The largest absolute Gasteiger partial charge is 0.349 e. The van der Waals surface area contributed by atoms with E-state index in [9.17, 15) is 4.79 Å². The molecule has 1 aromatic rings. The van der Waals surface area contributed by atoms with Crippen LogP contribution in [-0.2, 0) is 0 Å². The maximum absolute atomic E-state index is 12.6. The normalized spacial score (nSPS) is 19.9. The standard InChI is InChI=1S/C19H28N2O.ClH/c1-14-17(15-10-12-20-13-11-15)8-5-9-18(14)19(22)21-16-6-3-2-4-7-16;/h5,8-9,15-16,20H,2-4,6-7,10-13H2,1H3,(H,21,22);1H. The Morgan fingerprint density at radius 2 is 1.78 bits per heavy atom. The maximum atomic E-state index is 12.6. The number of hydrogen-bond donors (Lipinski definition) is 2. The molecule has 1 saturated heterocycles. The van der Waals surface area contributed by atoms with Crippen molar-refractivity contribution in [1.82, 2.24) is 10.6 Å². The highest BCUT2D eigenvalue weighted by molar-refractivity contribution is 5.96. The first-order chi connectivity index (χ1) is 10.8. The lowest BCUT2D eigenvalue weighted by Gasteiger charge is -2.26. The van der Waals surface area contributed by atoms with Gasteiger partial charge in [-0.25, -0.2) is 0 Å². The molecule has 0 aromatic heterocycles. The van der Waals surface area contributed by atoms with Gasteiger partial charge in [0.05, 0.1) is 0 Å². The summed E-state index contributed by atoms with van der Waals surface area (Å²) in [6.45, 7) is 4.29. The van der Waals surface area contributed by atoms with Gasteiger partial charge in [-0.05, 0) is 68.8 Å². The number of halogens is 1. The van der Waals surface area contributed by atoms with E-state index in [2.05, 4.69) is 29.7 Å². The lowest BCUT2D eigenvalue weighted by atomic mass is 9.85. The molecular weight excluding hydrogens is 308 g/mol. The van der Waals surface area contributed by atoms with Gasteiger partial charge in [0.2, 0.25) is 0 Å². The molecule has 1 aliphatic heterocycles. The van der Waals surface area contributed by atoms with E-state index in [-0.39, 0.29) is 18.3 Å². The monoisotopic (exact) mass is 336 g/mol. The fraction of sp³-hybridized carbons (Fsp3) is 0.632. The average molecular weight is 337 g/mol. The molecule has 0 bridgehead atoms. The van der Waals surface area contributed by atoms with Gasteiger partial charge in [-0.2, -0.15) is 0 Å². The Hall–Kier alpha value is -1.06. The van der Waals surface area contributed by atoms with Gasteiger partial charge in [0.25, 0.3) is 5.91 Å². The molecular formula is C19H29ClN2O. The molecule has 0 atom stereocenters. The Bertz CT molecular complexity index is 520. The summed E-state index contributed by atoms with van der Waals surface area (Å²) in [5.41, 5.74) is 3.43. The Morgan fingerprint density at radius 3 is 2.48 bits per heavy atom. The highest BCUT2D eigenvalue weighted by Crippen LogP contribution is 2.29. The Morgan fingerprint density at radius 1 is 1.09 bits per heavy atom. The van der Waals surface area contributed by atoms with Crippen LogP contribution in [-0.4, -0.2) is 25.0 Å². The van der Waals surface area contributed by atoms with Crippen molar-refractivity contribution in [3.05, 3.63) is 34.9 Å². The molecule has 1 aromatic carbocycles. The van der Waals surface area contributed by atoms with Crippen molar-refractivity contribution in [2.75, 3.05) is 13.1 Å². The van der Waals surface area contributed by atoms with Crippen molar-refractivity contribution in [3.63, 3.8) is 0 Å². The number of carbonyl (C=O) groups excluding carboxylic acids is 1. The van der Waals surface area contributed by atoms with Gasteiger partial charge in [-0.15, -0.1) is 12.4 Å². The van der Waals surface area contributed by atoms with Crippen LogP contribution in [0.3, 0.4) is 0 Å². The Labute approximate surface area is 146 Å². The molecule has 2 N–H and O–H groups in total. The summed E-state index contributed by atoms with van der Waals surface area (Å²) in [5.74, 6) is 0.726. The quantitative estimate of drug-likeness (QED) is 0.877. The third kappa shape index (κ3) is 4.48. The molecule has 23 heavy (non-hydrogen) atoms. The van der Waals surface area contributed by atoms with Gasteiger partial charge < -0.3 is 10.6 Å². The van der Waals surface area contributed by atoms with Crippen LogP contribution in [0.4, 0.5) is 0 Å². The summed E-state index contributed by atoms with van der Waals surface area (Å²) in [7, 11) is 0. The number of nitrogens with one attached hydrogen (secondary N) is 2. The number of carbonyl (C=O) groups is 1. The second-order valence-corrected chi connectivity index (χ2v) is 6.85.